The average molecular weight is 353 g/mol. The fourth-order valence-electron chi connectivity index (χ4n) is 3.27. The van der Waals surface area contributed by atoms with Gasteiger partial charge in [0.25, 0.3) is 0 Å². The highest BCUT2D eigenvalue weighted by atomic mass is 16.6. The monoisotopic (exact) mass is 353 g/mol. The first-order chi connectivity index (χ1) is 12.4. The van der Waals surface area contributed by atoms with Crippen molar-refractivity contribution in [1.82, 2.24) is 4.90 Å². The van der Waals surface area contributed by atoms with E-state index >= 15 is 0 Å². The molecular weight excluding hydrogens is 326 g/mol. The van der Waals surface area contributed by atoms with E-state index in [1.54, 1.807) is 0 Å². The molecule has 1 amide bonds. The Morgan fingerprint density at radius 1 is 1.04 bits per heavy atom. The number of benzene rings is 2. The lowest BCUT2D eigenvalue weighted by Gasteiger charge is -2.28. The van der Waals surface area contributed by atoms with Gasteiger partial charge in [0.1, 0.15) is 17.5 Å². The molecule has 2 atom stereocenters. The van der Waals surface area contributed by atoms with Crippen LogP contribution in [0.15, 0.2) is 60.7 Å². The van der Waals surface area contributed by atoms with Crippen LogP contribution in [0, 0.1) is 0 Å². The maximum absolute atomic E-state index is 12.7. The minimum absolute atomic E-state index is 0.0290. The molecule has 26 heavy (non-hydrogen) atoms. The van der Waals surface area contributed by atoms with Crippen LogP contribution in [0.1, 0.15) is 32.8 Å². The lowest BCUT2D eigenvalue weighted by Crippen LogP contribution is -2.41. The topological polar surface area (TPSA) is 38.8 Å². The summed E-state index contributed by atoms with van der Waals surface area (Å²) in [5.74, 6) is 0.835. The predicted molar refractivity (Wildman–Crippen MR) is 102 cm³/mol. The Kier molecular flexibility index (Phi) is 5.50. The van der Waals surface area contributed by atoms with E-state index in [0.29, 0.717) is 6.54 Å². The van der Waals surface area contributed by atoms with E-state index in [-0.39, 0.29) is 18.2 Å². The van der Waals surface area contributed by atoms with E-state index in [1.807, 2.05) is 74.2 Å². The Hall–Kier alpha value is -2.49. The molecule has 0 N–H and O–H groups in total. The minimum Gasteiger partial charge on any atom is -0.489 e. The summed E-state index contributed by atoms with van der Waals surface area (Å²) in [6.07, 6.45) is 1.30. The summed E-state index contributed by atoms with van der Waals surface area (Å²) in [5.41, 5.74) is 0.707. The zero-order valence-corrected chi connectivity index (χ0v) is 15.7. The predicted octanol–water partition coefficient (Wildman–Crippen LogP) is 4.69. The van der Waals surface area contributed by atoms with E-state index in [1.165, 1.54) is 5.56 Å². The highest BCUT2D eigenvalue weighted by molar-refractivity contribution is 5.69. The number of carbonyl (C=O) groups is 1. The van der Waals surface area contributed by atoms with Crippen molar-refractivity contribution < 1.29 is 14.3 Å². The van der Waals surface area contributed by atoms with Crippen molar-refractivity contribution in [3.63, 3.8) is 0 Å². The molecule has 4 nitrogen and oxygen atoms in total. The van der Waals surface area contributed by atoms with Gasteiger partial charge in [-0.3, -0.25) is 0 Å². The molecule has 1 saturated heterocycles. The molecule has 0 unspecified atom stereocenters. The third-order valence-corrected chi connectivity index (χ3v) is 4.36. The quantitative estimate of drug-likeness (QED) is 0.801. The molecule has 0 aliphatic carbocycles. The Morgan fingerprint density at radius 2 is 1.65 bits per heavy atom. The number of amides is 1. The van der Waals surface area contributed by atoms with E-state index in [2.05, 4.69) is 12.1 Å². The number of hydrogen-bond acceptors (Lipinski definition) is 3. The van der Waals surface area contributed by atoms with Gasteiger partial charge in [-0.25, -0.2) is 4.79 Å². The van der Waals surface area contributed by atoms with Crippen LogP contribution in [0.3, 0.4) is 0 Å². The molecule has 0 spiro atoms. The molecule has 1 aliphatic heterocycles. The lowest BCUT2D eigenvalue weighted by atomic mass is 10.0. The maximum Gasteiger partial charge on any atom is 0.410 e. The first kappa shape index (κ1) is 18.3. The van der Waals surface area contributed by atoms with Crippen LogP contribution in [0.5, 0.6) is 5.75 Å². The highest BCUT2D eigenvalue weighted by Crippen LogP contribution is 2.27. The van der Waals surface area contributed by atoms with Gasteiger partial charge >= 0.3 is 6.09 Å². The van der Waals surface area contributed by atoms with Crippen molar-refractivity contribution in [2.75, 3.05) is 6.54 Å². The van der Waals surface area contributed by atoms with Crippen molar-refractivity contribution in [1.29, 1.82) is 0 Å². The van der Waals surface area contributed by atoms with Gasteiger partial charge in [0.2, 0.25) is 0 Å². The molecule has 138 valence electrons. The molecule has 0 aromatic heterocycles. The number of carbonyl (C=O) groups excluding carboxylic acids is 1. The van der Waals surface area contributed by atoms with Crippen LogP contribution < -0.4 is 4.74 Å². The summed E-state index contributed by atoms with van der Waals surface area (Å²) in [6.45, 7) is 6.22. The van der Waals surface area contributed by atoms with Crippen molar-refractivity contribution in [2.45, 2.75) is 51.4 Å². The molecule has 1 fully saturated rings. The highest BCUT2D eigenvalue weighted by Gasteiger charge is 2.38. The lowest BCUT2D eigenvalue weighted by molar-refractivity contribution is 0.0213. The molecule has 1 aliphatic rings. The maximum atomic E-state index is 12.7. The number of nitrogens with zero attached hydrogens (tertiary/aromatic N) is 1. The zero-order valence-electron chi connectivity index (χ0n) is 15.7. The second-order valence-electron chi connectivity index (χ2n) is 7.76. The Morgan fingerprint density at radius 3 is 2.27 bits per heavy atom. The summed E-state index contributed by atoms with van der Waals surface area (Å²) in [4.78, 5) is 14.5. The van der Waals surface area contributed by atoms with Gasteiger partial charge in [0.15, 0.2) is 0 Å². The molecule has 0 bridgehead atoms. The molecule has 0 radical (unpaired) electrons. The van der Waals surface area contributed by atoms with Crippen LogP contribution in [0.4, 0.5) is 4.79 Å². The molecule has 0 saturated carbocycles. The van der Waals surface area contributed by atoms with Crippen molar-refractivity contribution in [2.24, 2.45) is 0 Å². The molecular formula is C22H27NO3. The Balaban J connectivity index is 1.73. The van der Waals surface area contributed by atoms with Gasteiger partial charge < -0.3 is 14.4 Å². The fraction of sp³-hybridized carbons (Fsp3) is 0.409. The average Bonchev–Trinajstić information content (AvgIpc) is 2.98. The van der Waals surface area contributed by atoms with Crippen LogP contribution in [0.25, 0.3) is 0 Å². The summed E-state index contributed by atoms with van der Waals surface area (Å²) in [7, 11) is 0. The van der Waals surface area contributed by atoms with Gasteiger partial charge in [-0.05, 0) is 44.9 Å². The van der Waals surface area contributed by atoms with Gasteiger partial charge in [-0.15, -0.1) is 0 Å². The minimum atomic E-state index is -0.507. The standard InChI is InChI=1S/C22H27NO3/c1-22(2,3)26-21(24)23-16-20(25-19-12-8-5-9-13-19)15-18(23)14-17-10-6-4-7-11-17/h4-13,18,20H,14-16H2,1-3H3/t18-,20-/m1/s1. The molecule has 3 rings (SSSR count). The van der Waals surface area contributed by atoms with Crippen LogP contribution in [-0.2, 0) is 11.2 Å². The zero-order chi connectivity index (χ0) is 18.6. The van der Waals surface area contributed by atoms with Crippen molar-refractivity contribution in [3.05, 3.63) is 66.2 Å². The fourth-order valence-corrected chi connectivity index (χ4v) is 3.27. The molecule has 2 aromatic carbocycles. The first-order valence-corrected chi connectivity index (χ1v) is 9.16. The van der Waals surface area contributed by atoms with Crippen molar-refractivity contribution in [3.8, 4) is 5.75 Å². The molecule has 1 heterocycles. The summed E-state index contributed by atoms with van der Waals surface area (Å²) >= 11 is 0. The van der Waals surface area contributed by atoms with E-state index < -0.39 is 5.60 Å². The summed E-state index contributed by atoms with van der Waals surface area (Å²) in [6, 6.07) is 20.1. The van der Waals surface area contributed by atoms with Gasteiger partial charge in [-0.2, -0.15) is 0 Å². The van der Waals surface area contributed by atoms with Crippen LogP contribution in [0.2, 0.25) is 0 Å². The van der Waals surface area contributed by atoms with Gasteiger partial charge in [0, 0.05) is 12.5 Å². The number of para-hydroxylation sites is 1. The largest absolute Gasteiger partial charge is 0.489 e. The van der Waals surface area contributed by atoms with E-state index in [4.69, 9.17) is 9.47 Å². The van der Waals surface area contributed by atoms with Crippen LogP contribution >= 0.6 is 0 Å². The second-order valence-corrected chi connectivity index (χ2v) is 7.76. The normalized spacial score (nSPS) is 20.0. The third kappa shape index (κ3) is 5.01. The number of rotatable bonds is 4. The van der Waals surface area contributed by atoms with E-state index in [9.17, 15) is 4.79 Å². The van der Waals surface area contributed by atoms with Crippen molar-refractivity contribution >= 4 is 6.09 Å². The Labute approximate surface area is 155 Å². The second kappa shape index (κ2) is 7.81. The number of likely N-dealkylation sites (tertiary alicyclic amines) is 1. The van der Waals surface area contributed by atoms with Gasteiger partial charge in [0.05, 0.1) is 6.54 Å². The molecule has 4 heteroatoms. The summed E-state index contributed by atoms with van der Waals surface area (Å²) in [5, 5.41) is 0. The van der Waals surface area contributed by atoms with E-state index in [0.717, 1.165) is 18.6 Å². The molecule has 2 aromatic rings. The first-order valence-electron chi connectivity index (χ1n) is 9.16. The number of ether oxygens (including phenoxy) is 2. The third-order valence-electron chi connectivity index (χ3n) is 4.36. The van der Waals surface area contributed by atoms with Gasteiger partial charge in [-0.1, -0.05) is 48.5 Å². The smallest absolute Gasteiger partial charge is 0.410 e. The SMILES string of the molecule is CC(C)(C)OC(=O)N1C[C@H](Oc2ccccc2)C[C@H]1Cc1ccccc1. The number of hydrogen-bond donors (Lipinski definition) is 0. The van der Waals surface area contributed by atoms with Crippen LogP contribution in [-0.4, -0.2) is 35.3 Å². The summed E-state index contributed by atoms with van der Waals surface area (Å²) < 4.78 is 11.7. The Bertz CT molecular complexity index is 709.